The average Bonchev–Trinajstić information content (AvgIpc) is 3.00. The van der Waals surface area contributed by atoms with Crippen LogP contribution in [0.15, 0.2) is 30.3 Å². The first-order valence-electron chi connectivity index (χ1n) is 8.86. The number of methoxy groups -OCH3 is 3. The van der Waals surface area contributed by atoms with Gasteiger partial charge in [0.1, 0.15) is 11.9 Å². The summed E-state index contributed by atoms with van der Waals surface area (Å²) in [4.78, 5) is 25.2. The monoisotopic (exact) mass is 385 g/mol. The molecular weight excluding hydrogens is 362 g/mol. The van der Waals surface area contributed by atoms with Gasteiger partial charge in [-0.25, -0.2) is 4.79 Å². The number of anilines is 1. The summed E-state index contributed by atoms with van der Waals surface area (Å²) < 4.78 is 21.2. The molecule has 0 fully saturated rings. The van der Waals surface area contributed by atoms with E-state index >= 15 is 0 Å². The van der Waals surface area contributed by atoms with Gasteiger partial charge in [-0.1, -0.05) is 19.1 Å². The molecule has 1 heterocycles. The second-order valence-corrected chi connectivity index (χ2v) is 6.53. The van der Waals surface area contributed by atoms with Crippen LogP contribution in [0.1, 0.15) is 46.0 Å². The van der Waals surface area contributed by atoms with Crippen LogP contribution in [0.25, 0.3) is 0 Å². The van der Waals surface area contributed by atoms with E-state index in [1.807, 2.05) is 19.1 Å². The van der Waals surface area contributed by atoms with Crippen LogP contribution >= 0.6 is 0 Å². The predicted octanol–water partition coefficient (Wildman–Crippen LogP) is 3.63. The van der Waals surface area contributed by atoms with E-state index in [9.17, 15) is 9.59 Å². The Kier molecular flexibility index (Phi) is 5.44. The van der Waals surface area contributed by atoms with Gasteiger partial charge in [0.05, 0.1) is 38.1 Å². The fraction of sp³-hybridized carbons (Fsp3) is 0.333. The molecule has 0 saturated heterocycles. The fourth-order valence-corrected chi connectivity index (χ4v) is 3.22. The van der Waals surface area contributed by atoms with Crippen molar-refractivity contribution < 1.29 is 28.5 Å². The lowest BCUT2D eigenvalue weighted by molar-refractivity contribution is 0.0601. The number of carbonyl (C=O) groups is 2. The van der Waals surface area contributed by atoms with Crippen molar-refractivity contribution in [3.05, 3.63) is 47.0 Å². The number of hydrogen-bond acceptors (Lipinski definition) is 6. The summed E-state index contributed by atoms with van der Waals surface area (Å²) in [6.07, 6.45) is -0.0179. The molecule has 148 valence electrons. The van der Waals surface area contributed by atoms with Crippen LogP contribution in [0, 0.1) is 0 Å². The number of hydrogen-bond donors (Lipinski definition) is 1. The molecule has 7 heteroatoms. The van der Waals surface area contributed by atoms with Gasteiger partial charge in [0.2, 0.25) is 0 Å². The Bertz CT molecular complexity index is 923. The molecule has 28 heavy (non-hydrogen) atoms. The summed E-state index contributed by atoms with van der Waals surface area (Å²) in [7, 11) is 4.21. The Morgan fingerprint density at radius 2 is 1.68 bits per heavy atom. The Labute approximate surface area is 163 Å². The van der Waals surface area contributed by atoms with Gasteiger partial charge >= 0.3 is 5.97 Å². The van der Waals surface area contributed by atoms with E-state index < -0.39 is 11.9 Å². The summed E-state index contributed by atoms with van der Waals surface area (Å²) in [5.41, 5.74) is 1.80. The van der Waals surface area contributed by atoms with Gasteiger partial charge in [0.25, 0.3) is 5.91 Å². The lowest BCUT2D eigenvalue weighted by Gasteiger charge is -2.15. The molecule has 2 atom stereocenters. The summed E-state index contributed by atoms with van der Waals surface area (Å²) in [5.74, 6) is 0.493. The van der Waals surface area contributed by atoms with Crippen molar-refractivity contribution in [1.29, 1.82) is 0 Å². The summed E-state index contributed by atoms with van der Waals surface area (Å²) >= 11 is 0. The van der Waals surface area contributed by atoms with Gasteiger partial charge in [0, 0.05) is 23.6 Å². The molecule has 2 aromatic carbocycles. The van der Waals surface area contributed by atoms with E-state index in [1.54, 1.807) is 6.07 Å². The molecule has 1 aliphatic heterocycles. The second kappa shape index (κ2) is 7.80. The summed E-state index contributed by atoms with van der Waals surface area (Å²) in [6.45, 7) is 4.03. The minimum Gasteiger partial charge on any atom is -0.493 e. The Balaban J connectivity index is 2.00. The number of esters is 1. The molecule has 0 aliphatic carbocycles. The van der Waals surface area contributed by atoms with Crippen molar-refractivity contribution in [1.82, 2.24) is 0 Å². The van der Waals surface area contributed by atoms with Crippen LogP contribution in [0.4, 0.5) is 5.69 Å². The Morgan fingerprint density at radius 1 is 1.00 bits per heavy atom. The van der Waals surface area contributed by atoms with Crippen molar-refractivity contribution in [2.24, 2.45) is 0 Å². The van der Waals surface area contributed by atoms with Crippen LogP contribution in [0.5, 0.6) is 17.2 Å². The Morgan fingerprint density at radius 3 is 2.32 bits per heavy atom. The van der Waals surface area contributed by atoms with Gasteiger partial charge in [-0.3, -0.25) is 4.79 Å². The SMILES string of the molecule is COC(=O)c1cc(OC)c(OC)cc1NC(=O)c1cccc2c1O[C@H](C)[C@H]2C. The summed E-state index contributed by atoms with van der Waals surface area (Å²) in [6, 6.07) is 8.46. The average molecular weight is 385 g/mol. The van der Waals surface area contributed by atoms with Gasteiger partial charge in [-0.2, -0.15) is 0 Å². The highest BCUT2D eigenvalue weighted by Gasteiger charge is 2.31. The number of rotatable bonds is 5. The van der Waals surface area contributed by atoms with Crippen molar-refractivity contribution in [3.8, 4) is 17.2 Å². The predicted molar refractivity (Wildman–Crippen MR) is 104 cm³/mol. The lowest BCUT2D eigenvalue weighted by Crippen LogP contribution is -2.17. The second-order valence-electron chi connectivity index (χ2n) is 6.53. The van der Waals surface area contributed by atoms with Gasteiger partial charge < -0.3 is 24.3 Å². The molecular formula is C21H23NO6. The first kappa shape index (κ1) is 19.5. The zero-order chi connectivity index (χ0) is 20.4. The number of benzene rings is 2. The van der Waals surface area contributed by atoms with Gasteiger partial charge in [-0.15, -0.1) is 0 Å². The first-order valence-corrected chi connectivity index (χ1v) is 8.86. The summed E-state index contributed by atoms with van der Waals surface area (Å²) in [5, 5.41) is 2.77. The molecule has 0 aromatic heterocycles. The Hall–Kier alpha value is -3.22. The molecule has 1 aliphatic rings. The smallest absolute Gasteiger partial charge is 0.340 e. The highest BCUT2D eigenvalue weighted by molar-refractivity contribution is 6.10. The van der Waals surface area contributed by atoms with Crippen LogP contribution in [-0.2, 0) is 4.74 Å². The van der Waals surface area contributed by atoms with Crippen LogP contribution in [0.2, 0.25) is 0 Å². The van der Waals surface area contributed by atoms with Gasteiger partial charge in [0.15, 0.2) is 11.5 Å². The highest BCUT2D eigenvalue weighted by Crippen LogP contribution is 2.41. The molecule has 0 radical (unpaired) electrons. The molecule has 7 nitrogen and oxygen atoms in total. The molecule has 1 amide bonds. The fourth-order valence-electron chi connectivity index (χ4n) is 3.22. The van der Waals surface area contributed by atoms with E-state index in [2.05, 4.69) is 12.2 Å². The number of carbonyl (C=O) groups excluding carboxylic acids is 2. The molecule has 3 rings (SSSR count). The minimum atomic E-state index is -0.604. The van der Waals surface area contributed by atoms with E-state index in [-0.39, 0.29) is 23.3 Å². The van der Waals surface area contributed by atoms with E-state index in [1.165, 1.54) is 33.5 Å². The normalized spacial score (nSPS) is 17.3. The molecule has 1 N–H and O–H groups in total. The number of fused-ring (bicyclic) bond motifs is 1. The molecule has 2 aromatic rings. The zero-order valence-corrected chi connectivity index (χ0v) is 16.5. The molecule has 0 saturated carbocycles. The van der Waals surface area contributed by atoms with Crippen LogP contribution in [-0.4, -0.2) is 39.3 Å². The molecule has 0 unspecified atom stereocenters. The van der Waals surface area contributed by atoms with E-state index in [4.69, 9.17) is 18.9 Å². The maximum atomic E-state index is 13.0. The largest absolute Gasteiger partial charge is 0.493 e. The topological polar surface area (TPSA) is 83.1 Å². The van der Waals surface area contributed by atoms with E-state index in [0.717, 1.165) is 5.56 Å². The van der Waals surface area contributed by atoms with Crippen molar-refractivity contribution >= 4 is 17.6 Å². The quantitative estimate of drug-likeness (QED) is 0.792. The maximum Gasteiger partial charge on any atom is 0.340 e. The minimum absolute atomic E-state index is 0.0179. The number of para-hydroxylation sites is 1. The third-order valence-electron chi connectivity index (χ3n) is 4.97. The van der Waals surface area contributed by atoms with E-state index in [0.29, 0.717) is 22.8 Å². The van der Waals surface area contributed by atoms with Gasteiger partial charge in [-0.05, 0) is 13.0 Å². The molecule has 0 bridgehead atoms. The van der Waals surface area contributed by atoms with Crippen LogP contribution in [0.3, 0.4) is 0 Å². The standard InChI is InChI=1S/C21H23NO6/c1-11-12(2)28-19-13(11)7-6-8-14(19)20(23)22-16-10-18(26-4)17(25-3)9-15(16)21(24)27-5/h6-12H,1-5H3,(H,22,23)/t11-,12-/m1/s1. The van der Waals surface area contributed by atoms with Crippen molar-refractivity contribution in [2.45, 2.75) is 25.9 Å². The maximum absolute atomic E-state index is 13.0. The van der Waals surface area contributed by atoms with Crippen molar-refractivity contribution in [3.63, 3.8) is 0 Å². The first-order chi connectivity index (χ1) is 13.4. The number of nitrogens with one attached hydrogen (secondary N) is 1. The molecule has 0 spiro atoms. The number of ether oxygens (including phenoxy) is 4. The third-order valence-corrected chi connectivity index (χ3v) is 4.97. The van der Waals surface area contributed by atoms with Crippen molar-refractivity contribution in [2.75, 3.05) is 26.6 Å². The lowest BCUT2D eigenvalue weighted by atomic mass is 9.96. The van der Waals surface area contributed by atoms with Crippen LogP contribution < -0.4 is 19.5 Å². The highest BCUT2D eigenvalue weighted by atomic mass is 16.5. The zero-order valence-electron chi connectivity index (χ0n) is 16.5. The third kappa shape index (κ3) is 3.35. The number of amides is 1.